The third kappa shape index (κ3) is 3.11. The van der Waals surface area contributed by atoms with Crippen molar-refractivity contribution < 1.29 is 4.74 Å². The van der Waals surface area contributed by atoms with Crippen molar-refractivity contribution in [3.8, 4) is 0 Å². The van der Waals surface area contributed by atoms with E-state index in [2.05, 4.69) is 17.5 Å². The van der Waals surface area contributed by atoms with Gasteiger partial charge in [0.15, 0.2) is 0 Å². The molecule has 0 aromatic carbocycles. The maximum Gasteiger partial charge on any atom is 0.109 e. The third-order valence-electron chi connectivity index (χ3n) is 3.51. The van der Waals surface area contributed by atoms with Gasteiger partial charge in [-0.05, 0) is 58.1 Å². The second kappa shape index (κ2) is 6.09. The van der Waals surface area contributed by atoms with Crippen LogP contribution in [0.4, 0.5) is 0 Å². The molecule has 2 heteroatoms. The number of likely N-dealkylation sites (N-methyl/N-ethyl adjacent to an activating group) is 1. The largest absolute Gasteiger partial charge is 0.497 e. The molecule has 1 unspecified atom stereocenters. The van der Waals surface area contributed by atoms with Gasteiger partial charge in [0.25, 0.3) is 0 Å². The zero-order valence-corrected chi connectivity index (χ0v) is 10.3. The molecule has 0 spiro atoms. The minimum Gasteiger partial charge on any atom is -0.497 e. The lowest BCUT2D eigenvalue weighted by atomic mass is 9.93. The molecule has 0 fully saturated rings. The van der Waals surface area contributed by atoms with Gasteiger partial charge in [-0.3, -0.25) is 0 Å². The van der Waals surface area contributed by atoms with Crippen molar-refractivity contribution in [2.24, 2.45) is 0 Å². The van der Waals surface area contributed by atoms with E-state index in [1.165, 1.54) is 44.3 Å². The minimum atomic E-state index is 0.393. The molecule has 90 valence electrons. The van der Waals surface area contributed by atoms with Crippen molar-refractivity contribution >= 4 is 0 Å². The molecule has 16 heavy (non-hydrogen) atoms. The van der Waals surface area contributed by atoms with Gasteiger partial charge in [0.1, 0.15) is 5.76 Å². The second-order valence-corrected chi connectivity index (χ2v) is 4.75. The van der Waals surface area contributed by atoms with Crippen molar-refractivity contribution in [2.75, 3.05) is 13.7 Å². The normalized spacial score (nSPS) is 23.1. The van der Waals surface area contributed by atoms with Gasteiger partial charge < -0.3 is 10.1 Å². The van der Waals surface area contributed by atoms with Crippen LogP contribution < -0.4 is 5.32 Å². The van der Waals surface area contributed by atoms with Crippen LogP contribution in [0.15, 0.2) is 23.5 Å². The number of ether oxygens (including phenoxy) is 1. The summed E-state index contributed by atoms with van der Waals surface area (Å²) in [6.45, 7) is 0.892. The van der Waals surface area contributed by atoms with Crippen LogP contribution in [0.5, 0.6) is 0 Å². The first-order valence-electron chi connectivity index (χ1n) is 6.58. The molecule has 0 bridgehead atoms. The SMILES string of the molecule is CNC(CC1=CCCCC1)C1=CCCCO1. The number of rotatable bonds is 4. The van der Waals surface area contributed by atoms with E-state index in [0.29, 0.717) is 6.04 Å². The molecule has 0 radical (unpaired) electrons. The molecule has 1 atom stereocenters. The number of nitrogens with one attached hydrogen (secondary N) is 1. The summed E-state index contributed by atoms with van der Waals surface area (Å²) in [6, 6.07) is 0.393. The van der Waals surface area contributed by atoms with Crippen molar-refractivity contribution in [3.63, 3.8) is 0 Å². The van der Waals surface area contributed by atoms with Crippen LogP contribution in [-0.4, -0.2) is 19.7 Å². The Kier molecular flexibility index (Phi) is 4.46. The van der Waals surface area contributed by atoms with Gasteiger partial charge in [-0.25, -0.2) is 0 Å². The predicted octanol–water partition coefficient (Wildman–Crippen LogP) is 3.16. The Labute approximate surface area is 98.8 Å². The Morgan fingerprint density at radius 2 is 2.12 bits per heavy atom. The summed E-state index contributed by atoms with van der Waals surface area (Å²) in [7, 11) is 2.03. The molecule has 0 aromatic rings. The minimum absolute atomic E-state index is 0.393. The Bertz CT molecular complexity index is 280. The van der Waals surface area contributed by atoms with E-state index < -0.39 is 0 Å². The lowest BCUT2D eigenvalue weighted by molar-refractivity contribution is 0.168. The van der Waals surface area contributed by atoms with Crippen LogP contribution in [-0.2, 0) is 4.74 Å². The highest BCUT2D eigenvalue weighted by molar-refractivity contribution is 5.14. The maximum absolute atomic E-state index is 5.74. The van der Waals surface area contributed by atoms with E-state index >= 15 is 0 Å². The highest BCUT2D eigenvalue weighted by atomic mass is 16.5. The molecule has 1 aliphatic heterocycles. The fraction of sp³-hybridized carbons (Fsp3) is 0.714. The molecule has 2 aliphatic rings. The number of hydrogen-bond donors (Lipinski definition) is 1. The Balaban J connectivity index is 1.93. The van der Waals surface area contributed by atoms with E-state index in [1.54, 1.807) is 5.57 Å². The Morgan fingerprint density at radius 3 is 2.75 bits per heavy atom. The standard InChI is InChI=1S/C14H23NO/c1-15-13(14-9-5-6-10-16-14)11-12-7-3-2-4-8-12/h7,9,13,15H,2-6,8,10-11H2,1H3. The number of hydrogen-bond acceptors (Lipinski definition) is 2. The van der Waals surface area contributed by atoms with E-state index in [4.69, 9.17) is 4.74 Å². The molecule has 0 saturated heterocycles. The molecular weight excluding hydrogens is 198 g/mol. The van der Waals surface area contributed by atoms with Gasteiger partial charge in [-0.15, -0.1) is 0 Å². The zero-order valence-electron chi connectivity index (χ0n) is 10.3. The molecule has 1 heterocycles. The summed E-state index contributed by atoms with van der Waals surface area (Å²) in [5.41, 5.74) is 1.61. The third-order valence-corrected chi connectivity index (χ3v) is 3.51. The maximum atomic E-state index is 5.74. The number of allylic oxidation sites excluding steroid dienone is 2. The first kappa shape index (κ1) is 11.7. The lowest BCUT2D eigenvalue weighted by Gasteiger charge is -2.25. The van der Waals surface area contributed by atoms with Crippen LogP contribution >= 0.6 is 0 Å². The molecule has 1 aliphatic carbocycles. The quantitative estimate of drug-likeness (QED) is 0.736. The van der Waals surface area contributed by atoms with Crippen LogP contribution in [0.1, 0.15) is 44.9 Å². The molecule has 1 N–H and O–H groups in total. The summed E-state index contributed by atoms with van der Waals surface area (Å²) in [5.74, 6) is 1.17. The average molecular weight is 221 g/mol. The fourth-order valence-corrected chi connectivity index (χ4v) is 2.52. The van der Waals surface area contributed by atoms with Crippen LogP contribution in [0, 0.1) is 0 Å². The predicted molar refractivity (Wildman–Crippen MR) is 67.3 cm³/mol. The summed E-state index contributed by atoms with van der Waals surface area (Å²) in [6.07, 6.45) is 13.4. The Morgan fingerprint density at radius 1 is 1.25 bits per heavy atom. The summed E-state index contributed by atoms with van der Waals surface area (Å²) in [4.78, 5) is 0. The highest BCUT2D eigenvalue weighted by Gasteiger charge is 2.18. The second-order valence-electron chi connectivity index (χ2n) is 4.75. The van der Waals surface area contributed by atoms with Crippen LogP contribution in [0.25, 0.3) is 0 Å². The van der Waals surface area contributed by atoms with Crippen molar-refractivity contribution in [2.45, 2.75) is 51.0 Å². The van der Waals surface area contributed by atoms with Crippen molar-refractivity contribution in [3.05, 3.63) is 23.5 Å². The van der Waals surface area contributed by atoms with E-state index in [1.807, 2.05) is 7.05 Å². The molecule has 2 rings (SSSR count). The van der Waals surface area contributed by atoms with Gasteiger partial charge in [-0.1, -0.05) is 11.6 Å². The first-order valence-corrected chi connectivity index (χ1v) is 6.58. The van der Waals surface area contributed by atoms with Gasteiger partial charge in [0.2, 0.25) is 0 Å². The summed E-state index contributed by atoms with van der Waals surface area (Å²) < 4.78 is 5.74. The van der Waals surface area contributed by atoms with Gasteiger partial charge in [0, 0.05) is 0 Å². The van der Waals surface area contributed by atoms with E-state index in [0.717, 1.165) is 13.0 Å². The summed E-state index contributed by atoms with van der Waals surface area (Å²) in [5, 5.41) is 3.38. The topological polar surface area (TPSA) is 21.3 Å². The first-order chi connectivity index (χ1) is 7.90. The molecule has 0 aromatic heterocycles. The van der Waals surface area contributed by atoms with Crippen LogP contribution in [0.2, 0.25) is 0 Å². The fourth-order valence-electron chi connectivity index (χ4n) is 2.52. The summed E-state index contributed by atoms with van der Waals surface area (Å²) >= 11 is 0. The van der Waals surface area contributed by atoms with Crippen LogP contribution in [0.3, 0.4) is 0 Å². The molecule has 0 amide bonds. The van der Waals surface area contributed by atoms with Gasteiger partial charge in [-0.2, -0.15) is 0 Å². The van der Waals surface area contributed by atoms with Gasteiger partial charge in [0.05, 0.1) is 12.6 Å². The van der Waals surface area contributed by atoms with Crippen molar-refractivity contribution in [1.29, 1.82) is 0 Å². The molecular formula is C14H23NO. The molecule has 0 saturated carbocycles. The highest BCUT2D eigenvalue weighted by Crippen LogP contribution is 2.25. The average Bonchev–Trinajstić information content (AvgIpc) is 2.38. The van der Waals surface area contributed by atoms with E-state index in [-0.39, 0.29) is 0 Å². The monoisotopic (exact) mass is 221 g/mol. The van der Waals surface area contributed by atoms with Gasteiger partial charge >= 0.3 is 0 Å². The lowest BCUT2D eigenvalue weighted by Crippen LogP contribution is -2.30. The van der Waals surface area contributed by atoms with Crippen molar-refractivity contribution in [1.82, 2.24) is 5.32 Å². The Hall–Kier alpha value is -0.760. The zero-order chi connectivity index (χ0) is 11.2. The smallest absolute Gasteiger partial charge is 0.109 e. The molecule has 2 nitrogen and oxygen atoms in total. The van der Waals surface area contributed by atoms with E-state index in [9.17, 15) is 0 Å².